The first-order chi connectivity index (χ1) is 9.47. The van der Waals surface area contributed by atoms with Crippen molar-refractivity contribution in [2.75, 3.05) is 13.1 Å². The van der Waals surface area contributed by atoms with Crippen LogP contribution in [0.5, 0.6) is 0 Å². The summed E-state index contributed by atoms with van der Waals surface area (Å²) in [7, 11) is 0. The average molecular weight is 282 g/mol. The minimum Gasteiger partial charge on any atom is -0.350 e. The van der Waals surface area contributed by atoms with Crippen LogP contribution in [-0.4, -0.2) is 24.9 Å². The van der Waals surface area contributed by atoms with Gasteiger partial charge in [0.25, 0.3) is 5.92 Å². The van der Waals surface area contributed by atoms with E-state index in [9.17, 15) is 13.6 Å². The highest BCUT2D eigenvalue weighted by molar-refractivity contribution is 5.83. The molecule has 0 spiro atoms. The molecule has 3 nitrogen and oxygen atoms in total. The van der Waals surface area contributed by atoms with Crippen molar-refractivity contribution in [3.63, 3.8) is 0 Å². The summed E-state index contributed by atoms with van der Waals surface area (Å²) in [5, 5.41) is 2.37. The van der Waals surface area contributed by atoms with Gasteiger partial charge in [0.1, 0.15) is 0 Å². The number of benzene rings is 1. The molecule has 0 aliphatic heterocycles. The predicted molar refractivity (Wildman–Crippen MR) is 73.4 cm³/mol. The fourth-order valence-electron chi connectivity index (χ4n) is 2.54. The molecule has 0 bridgehead atoms. The second kappa shape index (κ2) is 5.87. The number of carbonyl (C=O) groups excluding carboxylic acids is 1. The van der Waals surface area contributed by atoms with Crippen molar-refractivity contribution in [2.24, 2.45) is 11.1 Å². The van der Waals surface area contributed by atoms with Crippen LogP contribution in [0.4, 0.5) is 8.78 Å². The molecule has 110 valence electrons. The summed E-state index contributed by atoms with van der Waals surface area (Å²) in [6.07, 6.45) is 3.07. The zero-order chi connectivity index (χ0) is 14.6. The summed E-state index contributed by atoms with van der Waals surface area (Å²) >= 11 is 0. The Morgan fingerprint density at radius 1 is 1.30 bits per heavy atom. The van der Waals surface area contributed by atoms with E-state index in [0.29, 0.717) is 6.42 Å². The van der Waals surface area contributed by atoms with Crippen LogP contribution in [-0.2, 0) is 11.2 Å². The molecule has 2 rings (SSSR count). The van der Waals surface area contributed by atoms with Gasteiger partial charge in [-0.05, 0) is 24.8 Å². The van der Waals surface area contributed by atoms with Crippen LogP contribution in [0.15, 0.2) is 30.3 Å². The Morgan fingerprint density at radius 2 is 1.95 bits per heavy atom. The van der Waals surface area contributed by atoms with E-state index >= 15 is 0 Å². The molecular formula is C15H20F2N2O. The Hall–Kier alpha value is -1.49. The average Bonchev–Trinajstić information content (AvgIpc) is 2.41. The van der Waals surface area contributed by atoms with Crippen molar-refractivity contribution < 1.29 is 13.6 Å². The first kappa shape index (κ1) is 14.9. The molecule has 1 amide bonds. The van der Waals surface area contributed by atoms with Gasteiger partial charge in [-0.25, -0.2) is 8.78 Å². The number of nitrogens with two attached hydrogens (primary N) is 1. The number of amides is 1. The molecule has 1 aromatic carbocycles. The first-order valence-corrected chi connectivity index (χ1v) is 6.88. The highest BCUT2D eigenvalue weighted by atomic mass is 19.3. The molecule has 20 heavy (non-hydrogen) atoms. The second-order valence-electron chi connectivity index (χ2n) is 5.54. The van der Waals surface area contributed by atoms with Crippen molar-refractivity contribution >= 4 is 5.91 Å². The zero-order valence-corrected chi connectivity index (χ0v) is 11.4. The predicted octanol–water partition coefficient (Wildman–Crippen LogP) is 2.11. The largest absolute Gasteiger partial charge is 0.350 e. The minimum absolute atomic E-state index is 0.277. The summed E-state index contributed by atoms with van der Waals surface area (Å²) < 4.78 is 26.2. The second-order valence-corrected chi connectivity index (χ2v) is 5.54. The molecule has 1 saturated carbocycles. The van der Waals surface area contributed by atoms with Crippen molar-refractivity contribution in [1.82, 2.24) is 5.32 Å². The molecule has 5 heteroatoms. The van der Waals surface area contributed by atoms with Crippen LogP contribution in [0.3, 0.4) is 0 Å². The summed E-state index contributed by atoms with van der Waals surface area (Å²) in [4.78, 5) is 12.2. The van der Waals surface area contributed by atoms with Gasteiger partial charge in [0.05, 0.1) is 18.5 Å². The lowest BCUT2D eigenvalue weighted by atomic mass is 9.64. The van der Waals surface area contributed by atoms with Gasteiger partial charge in [0.15, 0.2) is 0 Å². The van der Waals surface area contributed by atoms with E-state index in [4.69, 9.17) is 5.73 Å². The van der Waals surface area contributed by atoms with E-state index in [0.717, 1.165) is 24.8 Å². The van der Waals surface area contributed by atoms with E-state index in [1.54, 1.807) is 0 Å². The topological polar surface area (TPSA) is 55.1 Å². The Bertz CT molecular complexity index is 458. The highest BCUT2D eigenvalue weighted by Crippen LogP contribution is 2.44. The molecule has 0 radical (unpaired) electrons. The fraction of sp³-hybridized carbons (Fsp3) is 0.533. The Labute approximate surface area is 117 Å². The van der Waals surface area contributed by atoms with E-state index < -0.39 is 24.4 Å². The van der Waals surface area contributed by atoms with Crippen LogP contribution < -0.4 is 11.1 Å². The molecule has 0 saturated heterocycles. The smallest absolute Gasteiger partial charge is 0.277 e. The van der Waals surface area contributed by atoms with Gasteiger partial charge in [-0.1, -0.05) is 36.8 Å². The van der Waals surface area contributed by atoms with E-state index in [1.807, 2.05) is 30.3 Å². The van der Waals surface area contributed by atoms with Gasteiger partial charge in [-0.3, -0.25) is 4.79 Å². The molecule has 3 N–H and O–H groups in total. The third-order valence-electron chi connectivity index (χ3n) is 3.98. The number of rotatable bonds is 6. The lowest BCUT2D eigenvalue weighted by Gasteiger charge is -2.40. The maximum Gasteiger partial charge on any atom is 0.277 e. The van der Waals surface area contributed by atoms with Crippen molar-refractivity contribution in [1.29, 1.82) is 0 Å². The molecule has 1 aliphatic rings. The number of nitrogens with one attached hydrogen (secondary N) is 1. The Balaban J connectivity index is 1.98. The number of hydrogen-bond donors (Lipinski definition) is 2. The fourth-order valence-corrected chi connectivity index (χ4v) is 2.54. The van der Waals surface area contributed by atoms with E-state index in [-0.39, 0.29) is 5.91 Å². The number of hydrogen-bond acceptors (Lipinski definition) is 2. The number of alkyl halides is 2. The lowest BCUT2D eigenvalue weighted by molar-refractivity contribution is -0.137. The Morgan fingerprint density at radius 3 is 2.45 bits per heavy atom. The third-order valence-corrected chi connectivity index (χ3v) is 3.98. The summed E-state index contributed by atoms with van der Waals surface area (Å²) in [6, 6.07) is 9.67. The van der Waals surface area contributed by atoms with Crippen LogP contribution >= 0.6 is 0 Å². The van der Waals surface area contributed by atoms with Crippen LogP contribution in [0.25, 0.3) is 0 Å². The molecule has 1 fully saturated rings. The normalized spacial score (nSPS) is 17.4. The van der Waals surface area contributed by atoms with Gasteiger partial charge in [0, 0.05) is 0 Å². The van der Waals surface area contributed by atoms with Crippen molar-refractivity contribution in [3.8, 4) is 0 Å². The molecule has 1 aromatic rings. The highest BCUT2D eigenvalue weighted by Gasteiger charge is 2.44. The van der Waals surface area contributed by atoms with Gasteiger partial charge in [-0.2, -0.15) is 0 Å². The first-order valence-electron chi connectivity index (χ1n) is 6.88. The third kappa shape index (κ3) is 3.33. The standard InChI is InChI=1S/C15H20F2N2O/c16-15(17,10-18)11-19-13(20)14(7-4-8-14)9-12-5-2-1-3-6-12/h1-3,5-6H,4,7-11,18H2,(H,19,20). The lowest BCUT2D eigenvalue weighted by Crippen LogP contribution is -2.51. The maximum atomic E-state index is 13.1. The maximum absolute atomic E-state index is 13.1. The van der Waals surface area contributed by atoms with Crippen LogP contribution in [0, 0.1) is 5.41 Å². The summed E-state index contributed by atoms with van der Waals surface area (Å²) in [6.45, 7) is -1.43. The van der Waals surface area contributed by atoms with Gasteiger partial charge in [-0.15, -0.1) is 0 Å². The van der Waals surface area contributed by atoms with Gasteiger partial charge >= 0.3 is 0 Å². The summed E-state index contributed by atoms with van der Waals surface area (Å²) in [5.74, 6) is -3.31. The zero-order valence-electron chi connectivity index (χ0n) is 11.4. The number of carbonyl (C=O) groups is 1. The SMILES string of the molecule is NCC(F)(F)CNC(=O)C1(Cc2ccccc2)CCC1. The molecular weight excluding hydrogens is 262 g/mol. The quantitative estimate of drug-likeness (QED) is 0.839. The molecule has 0 heterocycles. The van der Waals surface area contributed by atoms with E-state index in [1.165, 1.54) is 0 Å². The molecule has 0 aromatic heterocycles. The monoisotopic (exact) mass is 282 g/mol. The van der Waals surface area contributed by atoms with Crippen molar-refractivity contribution in [2.45, 2.75) is 31.6 Å². The molecule has 0 unspecified atom stereocenters. The molecule has 0 atom stereocenters. The minimum atomic E-state index is -3.03. The van der Waals surface area contributed by atoms with Gasteiger partial charge in [0.2, 0.25) is 5.91 Å². The van der Waals surface area contributed by atoms with Crippen LogP contribution in [0.1, 0.15) is 24.8 Å². The molecule has 1 aliphatic carbocycles. The van der Waals surface area contributed by atoms with Crippen LogP contribution in [0.2, 0.25) is 0 Å². The Kier molecular flexibility index (Phi) is 4.38. The van der Waals surface area contributed by atoms with Crippen molar-refractivity contribution in [3.05, 3.63) is 35.9 Å². The number of halogens is 2. The van der Waals surface area contributed by atoms with E-state index in [2.05, 4.69) is 5.32 Å². The van der Waals surface area contributed by atoms with Gasteiger partial charge < -0.3 is 11.1 Å². The summed E-state index contributed by atoms with van der Waals surface area (Å²) in [5.41, 5.74) is 5.51.